The van der Waals surface area contributed by atoms with Gasteiger partial charge in [-0.1, -0.05) is 11.6 Å². The van der Waals surface area contributed by atoms with Gasteiger partial charge in [0.15, 0.2) is 0 Å². The van der Waals surface area contributed by atoms with Crippen molar-refractivity contribution in [2.24, 2.45) is 5.73 Å². The van der Waals surface area contributed by atoms with E-state index in [9.17, 15) is 8.42 Å². The fourth-order valence-electron chi connectivity index (χ4n) is 0.885. The van der Waals surface area contributed by atoms with Gasteiger partial charge >= 0.3 is 0 Å². The molecular formula is C8H11ClN2O2S. The summed E-state index contributed by atoms with van der Waals surface area (Å²) >= 11 is 5.64. The third-order valence-corrected chi connectivity index (χ3v) is 3.87. The van der Waals surface area contributed by atoms with Crippen molar-refractivity contribution >= 4 is 21.6 Å². The van der Waals surface area contributed by atoms with Crippen LogP contribution in [0.15, 0.2) is 29.2 Å². The van der Waals surface area contributed by atoms with Crippen LogP contribution in [0.3, 0.4) is 0 Å². The average molecular weight is 235 g/mol. The van der Waals surface area contributed by atoms with Gasteiger partial charge < -0.3 is 5.73 Å². The van der Waals surface area contributed by atoms with Crippen LogP contribution in [0.2, 0.25) is 5.02 Å². The van der Waals surface area contributed by atoms with Crippen molar-refractivity contribution in [3.05, 3.63) is 29.3 Å². The van der Waals surface area contributed by atoms with E-state index in [4.69, 9.17) is 17.3 Å². The van der Waals surface area contributed by atoms with Crippen LogP contribution in [0.5, 0.6) is 0 Å². The molecule has 0 aliphatic rings. The summed E-state index contributed by atoms with van der Waals surface area (Å²) in [5.41, 5.74) is 5.25. The van der Waals surface area contributed by atoms with Crippen LogP contribution < -0.4 is 5.73 Å². The Kier molecular flexibility index (Phi) is 3.49. The molecule has 1 rings (SSSR count). The molecule has 0 bridgehead atoms. The lowest BCUT2D eigenvalue weighted by molar-refractivity contribution is 0.479. The first-order valence-corrected chi connectivity index (χ1v) is 5.72. The van der Waals surface area contributed by atoms with Crippen molar-refractivity contribution in [3.63, 3.8) is 0 Å². The molecule has 0 saturated heterocycles. The molecule has 0 aliphatic heterocycles. The van der Waals surface area contributed by atoms with Gasteiger partial charge in [0.1, 0.15) is 0 Å². The average Bonchev–Trinajstić information content (AvgIpc) is 2.17. The van der Waals surface area contributed by atoms with E-state index < -0.39 is 10.0 Å². The van der Waals surface area contributed by atoms with Gasteiger partial charge in [-0.05, 0) is 24.3 Å². The predicted molar refractivity (Wildman–Crippen MR) is 55.5 cm³/mol. The second-order valence-electron chi connectivity index (χ2n) is 2.74. The predicted octanol–water partition coefficient (Wildman–Crippen LogP) is 0.877. The summed E-state index contributed by atoms with van der Waals surface area (Å²) in [6.45, 7) is -0.0506. The lowest BCUT2D eigenvalue weighted by Crippen LogP contribution is -2.32. The summed E-state index contributed by atoms with van der Waals surface area (Å²) in [5.74, 6) is 0. The molecule has 0 atom stereocenters. The number of nitrogens with two attached hydrogens (primary N) is 1. The van der Waals surface area contributed by atoms with Gasteiger partial charge in [0.25, 0.3) is 0 Å². The van der Waals surface area contributed by atoms with E-state index in [1.165, 1.54) is 31.3 Å². The molecule has 0 heterocycles. The van der Waals surface area contributed by atoms with E-state index in [-0.39, 0.29) is 11.6 Å². The normalized spacial score (nSPS) is 12.0. The Labute approximate surface area is 88.3 Å². The third-order valence-electron chi connectivity index (χ3n) is 1.78. The monoisotopic (exact) mass is 234 g/mol. The standard InChI is InChI=1S/C8H11ClN2O2S/c1-11(6-10)14(12,13)8-4-2-7(9)3-5-8/h2-5H,6,10H2,1H3. The summed E-state index contributed by atoms with van der Waals surface area (Å²) in [4.78, 5) is 0.190. The van der Waals surface area contributed by atoms with Gasteiger partial charge in [0.2, 0.25) is 10.0 Å². The Morgan fingerprint density at radius 3 is 2.29 bits per heavy atom. The molecule has 14 heavy (non-hydrogen) atoms. The lowest BCUT2D eigenvalue weighted by Gasteiger charge is -2.14. The molecule has 78 valence electrons. The van der Waals surface area contributed by atoms with Gasteiger partial charge in [-0.25, -0.2) is 8.42 Å². The second kappa shape index (κ2) is 4.27. The zero-order valence-corrected chi connectivity index (χ0v) is 9.22. The van der Waals surface area contributed by atoms with E-state index in [0.29, 0.717) is 5.02 Å². The summed E-state index contributed by atoms with van der Waals surface area (Å²) in [6.07, 6.45) is 0. The Hall–Kier alpha value is -0.620. The van der Waals surface area contributed by atoms with E-state index in [0.717, 1.165) is 4.31 Å². The first-order valence-electron chi connectivity index (χ1n) is 3.90. The summed E-state index contributed by atoms with van der Waals surface area (Å²) in [5, 5.41) is 0.499. The smallest absolute Gasteiger partial charge is 0.243 e. The quantitative estimate of drug-likeness (QED) is 0.790. The molecule has 0 unspecified atom stereocenters. The Morgan fingerprint density at radius 2 is 1.86 bits per heavy atom. The number of benzene rings is 1. The van der Waals surface area contributed by atoms with E-state index in [1.54, 1.807) is 0 Å². The van der Waals surface area contributed by atoms with Crippen LogP contribution in [-0.2, 0) is 10.0 Å². The molecule has 0 aromatic heterocycles. The summed E-state index contributed by atoms with van der Waals surface area (Å²) in [7, 11) is -2.04. The Bertz CT molecular complexity index is 402. The minimum atomic E-state index is -3.46. The maximum Gasteiger partial charge on any atom is 0.243 e. The highest BCUT2D eigenvalue weighted by atomic mass is 35.5. The van der Waals surface area contributed by atoms with E-state index >= 15 is 0 Å². The van der Waals surface area contributed by atoms with Crippen molar-refractivity contribution in [1.29, 1.82) is 0 Å². The zero-order chi connectivity index (χ0) is 10.8. The molecule has 2 N–H and O–H groups in total. The Morgan fingerprint density at radius 1 is 1.36 bits per heavy atom. The molecule has 0 fully saturated rings. The van der Waals surface area contributed by atoms with Crippen LogP contribution in [0.1, 0.15) is 0 Å². The number of hydrogen-bond acceptors (Lipinski definition) is 3. The molecule has 1 aromatic rings. The number of rotatable bonds is 3. The number of halogens is 1. The molecule has 0 spiro atoms. The van der Waals surface area contributed by atoms with Crippen LogP contribution in [-0.4, -0.2) is 26.4 Å². The van der Waals surface area contributed by atoms with Crippen LogP contribution in [0.25, 0.3) is 0 Å². The van der Waals surface area contributed by atoms with Crippen molar-refractivity contribution in [3.8, 4) is 0 Å². The molecule has 1 aromatic carbocycles. The van der Waals surface area contributed by atoms with E-state index in [1.807, 2.05) is 0 Å². The minimum absolute atomic E-state index is 0.0506. The SMILES string of the molecule is CN(CN)S(=O)(=O)c1ccc(Cl)cc1. The first-order chi connectivity index (χ1) is 6.48. The largest absolute Gasteiger partial charge is 0.317 e. The van der Waals surface area contributed by atoms with Crippen LogP contribution in [0, 0.1) is 0 Å². The van der Waals surface area contributed by atoms with Gasteiger partial charge in [0, 0.05) is 12.1 Å². The third kappa shape index (κ3) is 2.24. The molecule has 6 heteroatoms. The highest BCUT2D eigenvalue weighted by Crippen LogP contribution is 2.16. The number of hydrogen-bond donors (Lipinski definition) is 1. The fourth-order valence-corrected chi connectivity index (χ4v) is 2.05. The lowest BCUT2D eigenvalue weighted by atomic mass is 10.4. The Balaban J connectivity index is 3.11. The summed E-state index contributed by atoms with van der Waals surface area (Å²) in [6, 6.07) is 5.95. The van der Waals surface area contributed by atoms with Gasteiger partial charge in [-0.2, -0.15) is 4.31 Å². The number of sulfonamides is 1. The maximum atomic E-state index is 11.7. The highest BCUT2D eigenvalue weighted by molar-refractivity contribution is 7.89. The molecule has 0 amide bonds. The van der Waals surface area contributed by atoms with Gasteiger partial charge in [0.05, 0.1) is 11.6 Å². The minimum Gasteiger partial charge on any atom is -0.317 e. The van der Waals surface area contributed by atoms with Gasteiger partial charge in [-0.3, -0.25) is 0 Å². The first kappa shape index (κ1) is 11.5. The van der Waals surface area contributed by atoms with E-state index in [2.05, 4.69) is 0 Å². The van der Waals surface area contributed by atoms with Crippen molar-refractivity contribution < 1.29 is 8.42 Å². The van der Waals surface area contributed by atoms with Crippen molar-refractivity contribution in [1.82, 2.24) is 4.31 Å². The fraction of sp³-hybridized carbons (Fsp3) is 0.250. The summed E-state index contributed by atoms with van der Waals surface area (Å²) < 4.78 is 24.4. The van der Waals surface area contributed by atoms with Crippen molar-refractivity contribution in [2.45, 2.75) is 4.90 Å². The number of nitrogens with zero attached hydrogens (tertiary/aromatic N) is 1. The molecule has 0 saturated carbocycles. The molecule has 0 radical (unpaired) electrons. The van der Waals surface area contributed by atoms with Crippen molar-refractivity contribution in [2.75, 3.05) is 13.7 Å². The topological polar surface area (TPSA) is 63.4 Å². The molecule has 4 nitrogen and oxygen atoms in total. The molecular weight excluding hydrogens is 224 g/mol. The second-order valence-corrected chi connectivity index (χ2v) is 5.22. The van der Waals surface area contributed by atoms with Crippen LogP contribution >= 0.6 is 11.6 Å². The van der Waals surface area contributed by atoms with Crippen LogP contribution in [0.4, 0.5) is 0 Å². The highest BCUT2D eigenvalue weighted by Gasteiger charge is 2.18. The maximum absolute atomic E-state index is 11.7. The molecule has 0 aliphatic carbocycles. The zero-order valence-electron chi connectivity index (χ0n) is 7.64. The van der Waals surface area contributed by atoms with Gasteiger partial charge in [-0.15, -0.1) is 0 Å².